The summed E-state index contributed by atoms with van der Waals surface area (Å²) in [6, 6.07) is 3.51. The van der Waals surface area contributed by atoms with Gasteiger partial charge in [0.15, 0.2) is 0 Å². The predicted octanol–water partition coefficient (Wildman–Crippen LogP) is 4.22. The average Bonchev–Trinajstić information content (AvgIpc) is 3.29. The molecule has 2 heterocycles. The molecule has 0 saturated heterocycles. The normalized spacial score (nSPS) is 15.7. The van der Waals surface area contributed by atoms with Crippen molar-refractivity contribution in [3.63, 3.8) is 0 Å². The molecule has 1 amide bonds. The maximum Gasteiger partial charge on any atom is 0.341 e. The molecule has 8 heteroatoms. The molecule has 27 heavy (non-hydrogen) atoms. The number of amides is 1. The number of rotatable bonds is 6. The quantitative estimate of drug-likeness (QED) is 0.725. The van der Waals surface area contributed by atoms with Crippen LogP contribution in [0.25, 0.3) is 0 Å². The molecule has 1 N–H and O–H groups in total. The number of anilines is 1. The molecule has 0 saturated carbocycles. The summed E-state index contributed by atoms with van der Waals surface area (Å²) in [5.41, 5.74) is 0.948. The van der Waals surface area contributed by atoms with Gasteiger partial charge in [-0.2, -0.15) is 0 Å². The van der Waals surface area contributed by atoms with Gasteiger partial charge in [-0.05, 0) is 50.1 Å². The van der Waals surface area contributed by atoms with E-state index in [1.165, 1.54) is 22.7 Å². The van der Waals surface area contributed by atoms with Crippen molar-refractivity contribution in [2.24, 2.45) is 0 Å². The van der Waals surface area contributed by atoms with Crippen LogP contribution in [0.2, 0.25) is 0 Å². The molecule has 1 unspecified atom stereocenters. The van der Waals surface area contributed by atoms with E-state index in [0.717, 1.165) is 17.7 Å². The van der Waals surface area contributed by atoms with Gasteiger partial charge in [-0.1, -0.05) is 6.07 Å². The van der Waals surface area contributed by atoms with Gasteiger partial charge < -0.3 is 14.8 Å². The SMILES string of the molecule is CCOC(=O)c1c(NC(=O)c2cccs2)sc2c1C(C(=O)OCC)CCC2. The zero-order chi connectivity index (χ0) is 19.4. The van der Waals surface area contributed by atoms with Crippen LogP contribution < -0.4 is 5.32 Å². The molecule has 0 aromatic carbocycles. The van der Waals surface area contributed by atoms with Gasteiger partial charge in [0, 0.05) is 4.88 Å². The molecular weight excluding hydrogens is 386 g/mol. The minimum atomic E-state index is -0.521. The Bertz CT molecular complexity index is 841. The van der Waals surface area contributed by atoms with Crippen molar-refractivity contribution in [3.8, 4) is 0 Å². The summed E-state index contributed by atoms with van der Waals surface area (Å²) in [4.78, 5) is 39.1. The highest BCUT2D eigenvalue weighted by Gasteiger charge is 2.36. The molecule has 1 aliphatic rings. The van der Waals surface area contributed by atoms with Crippen molar-refractivity contribution < 1.29 is 23.9 Å². The van der Waals surface area contributed by atoms with E-state index >= 15 is 0 Å². The third kappa shape index (κ3) is 4.06. The van der Waals surface area contributed by atoms with Crippen LogP contribution in [0.5, 0.6) is 0 Å². The Kier molecular flexibility index (Phi) is 6.28. The first-order chi connectivity index (χ1) is 13.1. The first kappa shape index (κ1) is 19.6. The van der Waals surface area contributed by atoms with E-state index in [4.69, 9.17) is 9.47 Å². The molecule has 6 nitrogen and oxygen atoms in total. The number of fused-ring (bicyclic) bond motifs is 1. The molecule has 1 aliphatic carbocycles. The van der Waals surface area contributed by atoms with Crippen LogP contribution in [-0.4, -0.2) is 31.1 Å². The fraction of sp³-hybridized carbons (Fsp3) is 0.421. The second-order valence-corrected chi connectivity index (χ2v) is 8.04. The number of aryl methyl sites for hydroxylation is 1. The number of hydrogen-bond acceptors (Lipinski definition) is 7. The Morgan fingerprint density at radius 3 is 2.67 bits per heavy atom. The standard InChI is InChI=1S/C19H21NO5S2/c1-3-24-18(22)11-7-5-8-12-14(11)15(19(23)25-4-2)17(27-12)20-16(21)13-9-6-10-26-13/h6,9-11H,3-5,7-8H2,1-2H3,(H,20,21). The first-order valence-electron chi connectivity index (χ1n) is 8.90. The smallest absolute Gasteiger partial charge is 0.341 e. The monoisotopic (exact) mass is 407 g/mol. The lowest BCUT2D eigenvalue weighted by Gasteiger charge is -2.22. The fourth-order valence-corrected chi connectivity index (χ4v) is 5.11. The number of ether oxygens (including phenoxy) is 2. The Balaban J connectivity index is 2.02. The third-order valence-electron chi connectivity index (χ3n) is 4.29. The Hall–Kier alpha value is -2.19. The van der Waals surface area contributed by atoms with E-state index in [0.29, 0.717) is 27.4 Å². The van der Waals surface area contributed by atoms with Crippen molar-refractivity contribution in [2.45, 2.75) is 39.0 Å². The topological polar surface area (TPSA) is 81.7 Å². The van der Waals surface area contributed by atoms with Crippen LogP contribution in [0.3, 0.4) is 0 Å². The zero-order valence-electron chi connectivity index (χ0n) is 15.2. The Morgan fingerprint density at radius 2 is 2.00 bits per heavy atom. The highest BCUT2D eigenvalue weighted by molar-refractivity contribution is 7.17. The summed E-state index contributed by atoms with van der Waals surface area (Å²) < 4.78 is 10.4. The van der Waals surface area contributed by atoms with Gasteiger partial charge >= 0.3 is 11.9 Å². The van der Waals surface area contributed by atoms with E-state index in [-0.39, 0.29) is 25.1 Å². The maximum absolute atomic E-state index is 12.7. The summed E-state index contributed by atoms with van der Waals surface area (Å²) in [5.74, 6) is -1.64. The number of nitrogens with one attached hydrogen (secondary N) is 1. The molecule has 3 rings (SSSR count). The van der Waals surface area contributed by atoms with Crippen LogP contribution in [0.1, 0.15) is 63.1 Å². The highest BCUT2D eigenvalue weighted by Crippen LogP contribution is 2.44. The van der Waals surface area contributed by atoms with Crippen molar-refractivity contribution in [3.05, 3.63) is 38.4 Å². The Labute approximate surface area is 165 Å². The lowest BCUT2D eigenvalue weighted by atomic mass is 9.85. The van der Waals surface area contributed by atoms with Crippen LogP contribution in [-0.2, 0) is 20.7 Å². The Morgan fingerprint density at radius 1 is 1.22 bits per heavy atom. The van der Waals surface area contributed by atoms with Crippen molar-refractivity contribution >= 4 is 45.5 Å². The van der Waals surface area contributed by atoms with Crippen LogP contribution >= 0.6 is 22.7 Å². The first-order valence-corrected chi connectivity index (χ1v) is 10.6. The van der Waals surface area contributed by atoms with Crippen molar-refractivity contribution in [1.82, 2.24) is 0 Å². The van der Waals surface area contributed by atoms with Crippen LogP contribution in [0, 0.1) is 0 Å². The van der Waals surface area contributed by atoms with Gasteiger partial charge in [-0.25, -0.2) is 4.79 Å². The molecule has 2 aromatic rings. The lowest BCUT2D eigenvalue weighted by Crippen LogP contribution is -2.23. The van der Waals surface area contributed by atoms with Gasteiger partial charge in [0.1, 0.15) is 5.00 Å². The van der Waals surface area contributed by atoms with Gasteiger partial charge in [0.2, 0.25) is 0 Å². The molecule has 1 atom stereocenters. The molecule has 0 spiro atoms. The number of hydrogen-bond donors (Lipinski definition) is 1. The minimum absolute atomic E-state index is 0.214. The summed E-state index contributed by atoms with van der Waals surface area (Å²) in [6.07, 6.45) is 2.21. The fourth-order valence-electron chi connectivity index (χ4n) is 3.20. The second-order valence-electron chi connectivity index (χ2n) is 5.99. The van der Waals surface area contributed by atoms with E-state index in [2.05, 4.69) is 5.32 Å². The van der Waals surface area contributed by atoms with Gasteiger partial charge in [0.05, 0.1) is 29.6 Å². The maximum atomic E-state index is 12.7. The molecule has 0 radical (unpaired) electrons. The largest absolute Gasteiger partial charge is 0.466 e. The third-order valence-corrected chi connectivity index (χ3v) is 6.34. The molecule has 0 bridgehead atoms. The number of carbonyl (C=O) groups is 3. The van der Waals surface area contributed by atoms with E-state index in [9.17, 15) is 14.4 Å². The van der Waals surface area contributed by atoms with E-state index in [1.807, 2.05) is 5.38 Å². The molecule has 0 aliphatic heterocycles. The van der Waals surface area contributed by atoms with Crippen molar-refractivity contribution in [1.29, 1.82) is 0 Å². The summed E-state index contributed by atoms with van der Waals surface area (Å²) >= 11 is 2.67. The zero-order valence-corrected chi connectivity index (χ0v) is 16.8. The number of thiophene rings is 2. The molecule has 0 fully saturated rings. The molecule has 2 aromatic heterocycles. The lowest BCUT2D eigenvalue weighted by molar-refractivity contribution is -0.145. The molecule has 144 valence electrons. The summed E-state index contributed by atoms with van der Waals surface area (Å²) in [7, 11) is 0. The van der Waals surface area contributed by atoms with Gasteiger partial charge in [0.25, 0.3) is 5.91 Å². The van der Waals surface area contributed by atoms with Gasteiger partial charge in [-0.15, -0.1) is 22.7 Å². The van der Waals surface area contributed by atoms with Crippen LogP contribution in [0.15, 0.2) is 17.5 Å². The van der Waals surface area contributed by atoms with E-state index in [1.54, 1.807) is 26.0 Å². The molecular formula is C19H21NO5S2. The van der Waals surface area contributed by atoms with Gasteiger partial charge in [-0.3, -0.25) is 9.59 Å². The summed E-state index contributed by atoms with van der Waals surface area (Å²) in [6.45, 7) is 3.98. The highest BCUT2D eigenvalue weighted by atomic mass is 32.1. The average molecular weight is 408 g/mol. The van der Waals surface area contributed by atoms with Crippen molar-refractivity contribution in [2.75, 3.05) is 18.5 Å². The predicted molar refractivity (Wildman–Crippen MR) is 105 cm³/mol. The number of carbonyl (C=O) groups excluding carboxylic acids is 3. The second kappa shape index (κ2) is 8.67. The number of esters is 2. The van der Waals surface area contributed by atoms with Crippen LogP contribution in [0.4, 0.5) is 5.00 Å². The minimum Gasteiger partial charge on any atom is -0.466 e. The van der Waals surface area contributed by atoms with E-state index < -0.39 is 11.9 Å². The summed E-state index contributed by atoms with van der Waals surface area (Å²) in [5, 5.41) is 5.09.